The number of ether oxygens (including phenoxy) is 3. The Labute approximate surface area is 166 Å². The Bertz CT molecular complexity index is 513. The molecule has 0 spiro atoms. The second-order valence-electron chi connectivity index (χ2n) is 6.56. The summed E-state index contributed by atoms with van der Waals surface area (Å²) >= 11 is 5.01. The predicted octanol–water partition coefficient (Wildman–Crippen LogP) is -4.91. The molecule has 13 heteroatoms. The van der Waals surface area contributed by atoms with Crippen LogP contribution in [-0.2, 0) is 14.2 Å². The van der Waals surface area contributed by atoms with Crippen LogP contribution < -0.4 is 10.6 Å². The molecule has 0 aromatic heterocycles. The maximum atomic E-state index is 10.4. The minimum atomic E-state index is -1.71. The minimum Gasteiger partial charge on any atom is -0.394 e. The van der Waals surface area contributed by atoms with Crippen molar-refractivity contribution >= 4 is 17.3 Å². The quantitative estimate of drug-likeness (QED) is 0.183. The zero-order valence-corrected chi connectivity index (χ0v) is 16.0. The van der Waals surface area contributed by atoms with Crippen LogP contribution in [-0.4, -0.2) is 122 Å². The van der Waals surface area contributed by atoms with Gasteiger partial charge in [0.15, 0.2) is 17.6 Å². The Morgan fingerprint density at radius 1 is 0.893 bits per heavy atom. The molecule has 0 aromatic rings. The average molecular weight is 428 g/mol. The number of aliphatic hydroxyl groups is 7. The Kier molecular flexibility index (Phi) is 8.72. The molecule has 0 amide bonds. The van der Waals surface area contributed by atoms with E-state index in [1.54, 1.807) is 0 Å². The van der Waals surface area contributed by atoms with Crippen molar-refractivity contribution in [1.29, 1.82) is 0 Å². The summed E-state index contributed by atoms with van der Waals surface area (Å²) < 4.78 is 16.2. The fourth-order valence-corrected chi connectivity index (χ4v) is 3.31. The highest BCUT2D eigenvalue weighted by Gasteiger charge is 2.50. The van der Waals surface area contributed by atoms with E-state index in [2.05, 4.69) is 10.6 Å². The summed E-state index contributed by atoms with van der Waals surface area (Å²) in [6.45, 7) is 1.05. The van der Waals surface area contributed by atoms with Crippen LogP contribution in [0.1, 0.15) is 6.92 Å². The lowest BCUT2D eigenvalue weighted by Gasteiger charge is -2.46. The molecular weight excluding hydrogens is 400 g/mol. The molecular formula is C15H28N2O10S. The van der Waals surface area contributed by atoms with Gasteiger partial charge in [0.2, 0.25) is 0 Å². The Balaban J connectivity index is 2.09. The van der Waals surface area contributed by atoms with Gasteiger partial charge < -0.3 is 60.6 Å². The van der Waals surface area contributed by atoms with Crippen molar-refractivity contribution < 1.29 is 50.0 Å². The summed E-state index contributed by atoms with van der Waals surface area (Å²) in [6, 6.07) is 0. The van der Waals surface area contributed by atoms with Crippen LogP contribution in [0.5, 0.6) is 0 Å². The van der Waals surface area contributed by atoms with Crippen molar-refractivity contribution in [2.45, 2.75) is 68.3 Å². The van der Waals surface area contributed by atoms with E-state index in [-0.39, 0.29) is 5.11 Å². The standard InChI is InChI=1S/C15H28N2O10S/c1-2-16-15(28)17-13-10(23)9(22)12(6(4-19)25-13)27-14-11(24)8(21)7(20)5(3-18)26-14/h5-14,18-24H,2-4H2,1H3,(H2,16,17,28)/t5-,6-,7+,8+,9-,10-,11-,12-,13?,14+/m1/s1. The zero-order chi connectivity index (χ0) is 21.0. The van der Waals surface area contributed by atoms with E-state index in [9.17, 15) is 35.7 Å². The molecule has 2 aliphatic rings. The maximum absolute atomic E-state index is 10.4. The summed E-state index contributed by atoms with van der Waals surface area (Å²) in [7, 11) is 0. The summed E-state index contributed by atoms with van der Waals surface area (Å²) in [4.78, 5) is 0. The van der Waals surface area contributed by atoms with E-state index in [4.69, 9.17) is 26.4 Å². The molecule has 2 saturated heterocycles. The van der Waals surface area contributed by atoms with Crippen LogP contribution in [0.2, 0.25) is 0 Å². The lowest BCUT2D eigenvalue weighted by Crippen LogP contribution is -2.67. The van der Waals surface area contributed by atoms with Gasteiger partial charge in [0.25, 0.3) is 0 Å². The van der Waals surface area contributed by atoms with Crippen molar-refractivity contribution in [2.24, 2.45) is 0 Å². The van der Waals surface area contributed by atoms with Crippen LogP contribution in [0, 0.1) is 0 Å². The van der Waals surface area contributed by atoms with Gasteiger partial charge in [0.05, 0.1) is 13.2 Å². The predicted molar refractivity (Wildman–Crippen MR) is 95.8 cm³/mol. The van der Waals surface area contributed by atoms with Gasteiger partial charge in [-0.1, -0.05) is 0 Å². The summed E-state index contributed by atoms with van der Waals surface area (Å²) in [5, 5.41) is 74.9. The molecule has 164 valence electrons. The van der Waals surface area contributed by atoms with Gasteiger partial charge in [-0.15, -0.1) is 0 Å². The van der Waals surface area contributed by atoms with Crippen LogP contribution >= 0.6 is 12.2 Å². The summed E-state index contributed by atoms with van der Waals surface area (Å²) in [5.74, 6) is 0. The average Bonchev–Trinajstić information content (AvgIpc) is 2.67. The molecule has 0 aliphatic carbocycles. The normalized spacial score (nSPS) is 44.1. The first-order chi connectivity index (χ1) is 13.2. The summed E-state index contributed by atoms with van der Waals surface area (Å²) in [6.07, 6.45) is -14.5. The van der Waals surface area contributed by atoms with E-state index in [0.717, 1.165) is 0 Å². The minimum absolute atomic E-state index is 0.170. The highest BCUT2D eigenvalue weighted by Crippen LogP contribution is 2.28. The fraction of sp³-hybridized carbons (Fsp3) is 0.933. The van der Waals surface area contributed by atoms with E-state index in [1.165, 1.54) is 0 Å². The number of thiocarbonyl (C=S) groups is 1. The molecule has 9 N–H and O–H groups in total. The third-order valence-corrected chi connectivity index (χ3v) is 4.88. The van der Waals surface area contributed by atoms with E-state index < -0.39 is 74.6 Å². The van der Waals surface area contributed by atoms with Crippen LogP contribution in [0.3, 0.4) is 0 Å². The molecule has 0 radical (unpaired) electrons. The molecule has 2 fully saturated rings. The molecule has 0 bridgehead atoms. The van der Waals surface area contributed by atoms with Crippen molar-refractivity contribution in [3.8, 4) is 0 Å². The molecule has 12 nitrogen and oxygen atoms in total. The van der Waals surface area contributed by atoms with Crippen molar-refractivity contribution in [3.63, 3.8) is 0 Å². The van der Waals surface area contributed by atoms with Gasteiger partial charge >= 0.3 is 0 Å². The molecule has 28 heavy (non-hydrogen) atoms. The number of aliphatic hydroxyl groups excluding tert-OH is 7. The molecule has 2 rings (SSSR count). The third kappa shape index (κ3) is 5.06. The second kappa shape index (κ2) is 10.4. The second-order valence-corrected chi connectivity index (χ2v) is 6.97. The fourth-order valence-electron chi connectivity index (χ4n) is 3.05. The number of nitrogens with one attached hydrogen (secondary N) is 2. The van der Waals surface area contributed by atoms with Gasteiger partial charge in [-0.05, 0) is 19.1 Å². The highest BCUT2D eigenvalue weighted by molar-refractivity contribution is 7.80. The third-order valence-electron chi connectivity index (χ3n) is 4.61. The zero-order valence-electron chi connectivity index (χ0n) is 15.2. The van der Waals surface area contributed by atoms with E-state index in [1.807, 2.05) is 6.92 Å². The van der Waals surface area contributed by atoms with Gasteiger partial charge in [0, 0.05) is 6.54 Å². The Morgan fingerprint density at radius 2 is 1.54 bits per heavy atom. The number of hydrogen-bond donors (Lipinski definition) is 9. The summed E-state index contributed by atoms with van der Waals surface area (Å²) in [5.41, 5.74) is 0. The van der Waals surface area contributed by atoms with Gasteiger partial charge in [-0.25, -0.2) is 0 Å². The first-order valence-electron chi connectivity index (χ1n) is 8.87. The van der Waals surface area contributed by atoms with Crippen LogP contribution in [0.25, 0.3) is 0 Å². The van der Waals surface area contributed by atoms with Gasteiger partial charge in [-0.3, -0.25) is 0 Å². The molecule has 2 aliphatic heterocycles. The number of rotatable bonds is 6. The molecule has 0 aromatic carbocycles. The highest BCUT2D eigenvalue weighted by atomic mass is 32.1. The largest absolute Gasteiger partial charge is 0.394 e. The SMILES string of the molecule is CCNC(=S)NC1O[C@H](CO)[C@@H](O[C@@H]2O[C@H](CO)[C@H](O)[C@H](O)[C@H]2O)[C@H](O)[C@H]1O. The first-order valence-corrected chi connectivity index (χ1v) is 9.28. The van der Waals surface area contributed by atoms with Crippen molar-refractivity contribution in [1.82, 2.24) is 10.6 Å². The topological polar surface area (TPSA) is 193 Å². The van der Waals surface area contributed by atoms with E-state index >= 15 is 0 Å². The van der Waals surface area contributed by atoms with Crippen LogP contribution in [0.4, 0.5) is 0 Å². The molecule has 1 unspecified atom stereocenters. The Morgan fingerprint density at radius 3 is 2.11 bits per heavy atom. The first kappa shape index (κ1) is 23.6. The van der Waals surface area contributed by atoms with E-state index in [0.29, 0.717) is 6.54 Å². The van der Waals surface area contributed by atoms with Crippen molar-refractivity contribution in [3.05, 3.63) is 0 Å². The Hall–Kier alpha value is -0.710. The lowest BCUT2D eigenvalue weighted by atomic mass is 9.96. The van der Waals surface area contributed by atoms with Gasteiger partial charge in [0.1, 0.15) is 48.8 Å². The van der Waals surface area contributed by atoms with Crippen LogP contribution in [0.15, 0.2) is 0 Å². The lowest BCUT2D eigenvalue weighted by molar-refractivity contribution is -0.342. The smallest absolute Gasteiger partial charge is 0.187 e. The van der Waals surface area contributed by atoms with Crippen molar-refractivity contribution in [2.75, 3.05) is 19.8 Å². The monoisotopic (exact) mass is 428 g/mol. The maximum Gasteiger partial charge on any atom is 0.187 e. The molecule has 0 saturated carbocycles. The number of hydrogen-bond acceptors (Lipinski definition) is 11. The molecule has 2 heterocycles. The van der Waals surface area contributed by atoms with Gasteiger partial charge in [-0.2, -0.15) is 0 Å². The molecule has 10 atom stereocenters.